The van der Waals surface area contributed by atoms with Crippen molar-refractivity contribution in [1.82, 2.24) is 15.1 Å². The number of hydrogen-bond acceptors (Lipinski definition) is 2. The monoisotopic (exact) mass is 277 g/mol. The van der Waals surface area contributed by atoms with Gasteiger partial charge in [-0.05, 0) is 64.5 Å². The van der Waals surface area contributed by atoms with Gasteiger partial charge < -0.3 is 5.32 Å². The summed E-state index contributed by atoms with van der Waals surface area (Å²) in [6.07, 6.45) is 9.14. The number of unbranched alkanes of at least 4 members (excludes halogenated alkanes) is 1. The lowest BCUT2D eigenvalue weighted by atomic mass is 9.99. The highest BCUT2D eigenvalue weighted by molar-refractivity contribution is 5.24. The average molecular weight is 277 g/mol. The maximum absolute atomic E-state index is 4.51. The van der Waals surface area contributed by atoms with E-state index >= 15 is 0 Å². The lowest BCUT2D eigenvalue weighted by Crippen LogP contribution is -2.30. The number of nitrogens with zero attached hydrogens (tertiary/aromatic N) is 2. The number of rotatable bonds is 10. The Labute approximate surface area is 124 Å². The molecule has 0 radical (unpaired) electrons. The molecule has 0 aromatic carbocycles. The Hall–Kier alpha value is -1.09. The summed E-state index contributed by atoms with van der Waals surface area (Å²) < 4.78 is 2.00. The molecule has 1 atom stereocenters. The lowest BCUT2D eigenvalue weighted by Gasteiger charge is -2.18. The topological polar surface area (TPSA) is 29.9 Å². The fourth-order valence-corrected chi connectivity index (χ4v) is 2.70. The summed E-state index contributed by atoms with van der Waals surface area (Å²) in [6.45, 7) is 11.4. The molecule has 1 aromatic rings. The highest BCUT2D eigenvalue weighted by Gasteiger charge is 2.13. The van der Waals surface area contributed by atoms with E-state index in [4.69, 9.17) is 0 Å². The van der Waals surface area contributed by atoms with Crippen molar-refractivity contribution in [3.05, 3.63) is 29.6 Å². The maximum Gasteiger partial charge on any atom is 0.0628 e. The Balaban J connectivity index is 2.53. The summed E-state index contributed by atoms with van der Waals surface area (Å²) in [7, 11) is 2.03. The molecule has 0 fully saturated rings. The molecule has 3 nitrogen and oxygen atoms in total. The van der Waals surface area contributed by atoms with Gasteiger partial charge in [0.05, 0.1) is 5.69 Å². The predicted octanol–water partition coefficient (Wildman–Crippen LogP) is 3.69. The van der Waals surface area contributed by atoms with Crippen LogP contribution in [0.5, 0.6) is 0 Å². The number of aromatic nitrogens is 2. The molecule has 1 heterocycles. The quantitative estimate of drug-likeness (QED) is 0.522. The van der Waals surface area contributed by atoms with Crippen molar-refractivity contribution >= 4 is 0 Å². The summed E-state index contributed by atoms with van der Waals surface area (Å²) in [5, 5.41) is 8.19. The summed E-state index contributed by atoms with van der Waals surface area (Å²) in [5.74, 6) is 0. The first-order valence-corrected chi connectivity index (χ1v) is 7.93. The van der Waals surface area contributed by atoms with Crippen LogP contribution in [0, 0.1) is 13.8 Å². The van der Waals surface area contributed by atoms with E-state index in [1.807, 2.05) is 17.8 Å². The summed E-state index contributed by atoms with van der Waals surface area (Å²) in [4.78, 5) is 0. The molecule has 0 spiro atoms. The van der Waals surface area contributed by atoms with Gasteiger partial charge in [0.1, 0.15) is 0 Å². The van der Waals surface area contributed by atoms with Crippen LogP contribution in [0.3, 0.4) is 0 Å². The molecule has 0 aliphatic rings. The van der Waals surface area contributed by atoms with Crippen LogP contribution in [0.1, 0.15) is 56.0 Å². The van der Waals surface area contributed by atoms with Crippen molar-refractivity contribution in [2.45, 2.75) is 65.3 Å². The molecule has 1 aromatic heterocycles. The molecule has 1 unspecified atom stereocenters. The Kier molecular flexibility index (Phi) is 7.60. The van der Waals surface area contributed by atoms with E-state index in [2.05, 4.69) is 37.8 Å². The minimum Gasteiger partial charge on any atom is -0.314 e. The Bertz CT molecular complexity index is 407. The zero-order valence-corrected chi connectivity index (χ0v) is 13.7. The predicted molar refractivity (Wildman–Crippen MR) is 87.1 cm³/mol. The van der Waals surface area contributed by atoms with Crippen LogP contribution in [0.4, 0.5) is 0 Å². The second-order valence-electron chi connectivity index (χ2n) is 5.68. The van der Waals surface area contributed by atoms with Gasteiger partial charge in [0.25, 0.3) is 0 Å². The average Bonchev–Trinajstić information content (AvgIpc) is 2.67. The molecule has 0 aliphatic heterocycles. The first kappa shape index (κ1) is 17.0. The summed E-state index contributed by atoms with van der Waals surface area (Å²) in [5.41, 5.74) is 3.92. The van der Waals surface area contributed by atoms with Crippen LogP contribution in [-0.4, -0.2) is 22.4 Å². The van der Waals surface area contributed by atoms with Crippen LogP contribution >= 0.6 is 0 Å². The van der Waals surface area contributed by atoms with E-state index in [-0.39, 0.29) is 0 Å². The number of nitrogens with one attached hydrogen (secondary N) is 1. The second kappa shape index (κ2) is 8.96. The minimum absolute atomic E-state index is 0.619. The molecule has 0 aliphatic carbocycles. The largest absolute Gasteiger partial charge is 0.314 e. The molecule has 0 saturated heterocycles. The standard InChI is InChI=1S/C17H31N3/c1-6-8-9-10-16(18-13-7-2)11-12-17-14(3)19-20(5)15(17)4/h6,16,18H,1,7-13H2,2-5H3. The molecule has 3 heteroatoms. The van der Waals surface area contributed by atoms with Gasteiger partial charge in [-0.3, -0.25) is 4.68 Å². The Morgan fingerprint density at radius 2 is 2.10 bits per heavy atom. The van der Waals surface area contributed by atoms with Crippen molar-refractivity contribution in [2.75, 3.05) is 6.54 Å². The lowest BCUT2D eigenvalue weighted by molar-refractivity contribution is 0.442. The van der Waals surface area contributed by atoms with E-state index in [0.29, 0.717) is 6.04 Å². The first-order valence-electron chi connectivity index (χ1n) is 7.93. The fraction of sp³-hybridized carbons (Fsp3) is 0.706. The minimum atomic E-state index is 0.619. The van der Waals surface area contributed by atoms with Crippen LogP contribution in [0.2, 0.25) is 0 Å². The highest BCUT2D eigenvalue weighted by atomic mass is 15.3. The van der Waals surface area contributed by atoms with E-state index in [9.17, 15) is 0 Å². The zero-order chi connectivity index (χ0) is 15.0. The molecular formula is C17H31N3. The smallest absolute Gasteiger partial charge is 0.0628 e. The third-order valence-corrected chi connectivity index (χ3v) is 4.05. The van der Waals surface area contributed by atoms with Crippen molar-refractivity contribution < 1.29 is 0 Å². The molecular weight excluding hydrogens is 246 g/mol. The van der Waals surface area contributed by atoms with Gasteiger partial charge in [-0.25, -0.2) is 0 Å². The maximum atomic E-state index is 4.51. The van der Waals surface area contributed by atoms with Gasteiger partial charge in [-0.1, -0.05) is 13.0 Å². The van der Waals surface area contributed by atoms with E-state index in [0.717, 1.165) is 19.4 Å². The normalized spacial score (nSPS) is 12.6. The van der Waals surface area contributed by atoms with Gasteiger partial charge in [0.15, 0.2) is 0 Å². The summed E-state index contributed by atoms with van der Waals surface area (Å²) in [6, 6.07) is 0.619. The van der Waals surface area contributed by atoms with Crippen molar-refractivity contribution in [3.8, 4) is 0 Å². The van der Waals surface area contributed by atoms with Gasteiger partial charge in [-0.2, -0.15) is 5.10 Å². The molecule has 0 bridgehead atoms. The van der Waals surface area contributed by atoms with E-state index in [1.54, 1.807) is 0 Å². The number of aryl methyl sites for hydroxylation is 2. The first-order chi connectivity index (χ1) is 9.60. The van der Waals surface area contributed by atoms with Gasteiger partial charge in [0, 0.05) is 18.8 Å². The Morgan fingerprint density at radius 3 is 2.65 bits per heavy atom. The zero-order valence-electron chi connectivity index (χ0n) is 13.7. The number of allylic oxidation sites excluding steroid dienone is 1. The Morgan fingerprint density at radius 1 is 1.35 bits per heavy atom. The van der Waals surface area contributed by atoms with Crippen LogP contribution in [-0.2, 0) is 13.5 Å². The third-order valence-electron chi connectivity index (χ3n) is 4.05. The van der Waals surface area contributed by atoms with Crippen molar-refractivity contribution in [3.63, 3.8) is 0 Å². The van der Waals surface area contributed by atoms with Gasteiger partial charge in [0.2, 0.25) is 0 Å². The van der Waals surface area contributed by atoms with Gasteiger partial charge >= 0.3 is 0 Å². The molecule has 0 amide bonds. The molecule has 114 valence electrons. The molecule has 1 rings (SSSR count). The van der Waals surface area contributed by atoms with E-state index < -0.39 is 0 Å². The SMILES string of the molecule is C=CCCCC(CCc1c(C)nn(C)c1C)NCCC. The second-order valence-corrected chi connectivity index (χ2v) is 5.68. The van der Waals surface area contributed by atoms with Crippen molar-refractivity contribution in [2.24, 2.45) is 7.05 Å². The molecule has 0 saturated carbocycles. The van der Waals surface area contributed by atoms with Gasteiger partial charge in [-0.15, -0.1) is 6.58 Å². The molecule has 1 N–H and O–H groups in total. The van der Waals surface area contributed by atoms with Crippen molar-refractivity contribution in [1.29, 1.82) is 0 Å². The fourth-order valence-electron chi connectivity index (χ4n) is 2.70. The third kappa shape index (κ3) is 5.12. The van der Waals surface area contributed by atoms with Crippen LogP contribution < -0.4 is 5.32 Å². The van der Waals surface area contributed by atoms with E-state index in [1.165, 1.54) is 42.6 Å². The van der Waals surface area contributed by atoms with Crippen LogP contribution in [0.25, 0.3) is 0 Å². The highest BCUT2D eigenvalue weighted by Crippen LogP contribution is 2.16. The summed E-state index contributed by atoms with van der Waals surface area (Å²) >= 11 is 0. The molecule has 20 heavy (non-hydrogen) atoms. The number of hydrogen-bond donors (Lipinski definition) is 1. The van der Waals surface area contributed by atoms with Crippen LogP contribution in [0.15, 0.2) is 12.7 Å².